The molecule has 0 radical (unpaired) electrons. The second-order valence-corrected chi connectivity index (χ2v) is 3.24. The Morgan fingerprint density at radius 2 is 1.93 bits per heavy atom. The van der Waals surface area contributed by atoms with Crippen molar-refractivity contribution >= 4 is 5.69 Å². The number of nitro benzene ring substituents is 1. The van der Waals surface area contributed by atoms with Gasteiger partial charge in [-0.05, 0) is 25.0 Å². The number of nitrogens with zero attached hydrogens (tertiary/aromatic N) is 1. The number of rotatable bonds is 4. The third-order valence-corrected chi connectivity index (χ3v) is 1.99. The molecule has 0 heterocycles. The number of nitro groups is 1. The summed E-state index contributed by atoms with van der Waals surface area (Å²) in [6, 6.07) is 2.92. The van der Waals surface area contributed by atoms with Crippen molar-refractivity contribution < 1.29 is 14.8 Å². The number of hydrogen-bond acceptors (Lipinski definition) is 4. The van der Waals surface area contributed by atoms with Crippen molar-refractivity contribution in [2.75, 3.05) is 13.2 Å². The van der Waals surface area contributed by atoms with E-state index in [2.05, 4.69) is 0 Å². The second kappa shape index (κ2) is 4.75. The van der Waals surface area contributed by atoms with Crippen molar-refractivity contribution in [2.45, 2.75) is 13.8 Å². The maximum Gasteiger partial charge on any atom is 0.270 e. The third kappa shape index (κ3) is 2.66. The molecule has 5 heteroatoms. The van der Waals surface area contributed by atoms with Gasteiger partial charge in [-0.1, -0.05) is 0 Å². The lowest BCUT2D eigenvalue weighted by Crippen LogP contribution is -2.04. The van der Waals surface area contributed by atoms with Gasteiger partial charge in [-0.3, -0.25) is 10.1 Å². The number of benzene rings is 1. The Balaban J connectivity index is 3.04. The van der Waals surface area contributed by atoms with E-state index in [4.69, 9.17) is 9.84 Å². The van der Waals surface area contributed by atoms with Crippen molar-refractivity contribution in [2.24, 2.45) is 0 Å². The van der Waals surface area contributed by atoms with Crippen molar-refractivity contribution in [1.82, 2.24) is 0 Å². The summed E-state index contributed by atoms with van der Waals surface area (Å²) >= 11 is 0. The molecule has 1 aromatic rings. The van der Waals surface area contributed by atoms with Crippen LogP contribution in [0.4, 0.5) is 5.69 Å². The molecule has 82 valence electrons. The lowest BCUT2D eigenvalue weighted by Gasteiger charge is -2.10. The highest BCUT2D eigenvalue weighted by atomic mass is 16.6. The number of ether oxygens (including phenoxy) is 1. The van der Waals surface area contributed by atoms with Crippen LogP contribution in [0.3, 0.4) is 0 Å². The maximum absolute atomic E-state index is 10.6. The topological polar surface area (TPSA) is 72.6 Å². The first-order valence-corrected chi connectivity index (χ1v) is 4.55. The Labute approximate surface area is 87.5 Å². The Hall–Kier alpha value is -1.62. The molecule has 0 aliphatic rings. The highest BCUT2D eigenvalue weighted by Gasteiger charge is 2.12. The molecule has 15 heavy (non-hydrogen) atoms. The van der Waals surface area contributed by atoms with Gasteiger partial charge in [-0.2, -0.15) is 0 Å². The van der Waals surface area contributed by atoms with Crippen LogP contribution in [0.2, 0.25) is 0 Å². The van der Waals surface area contributed by atoms with Gasteiger partial charge in [0.15, 0.2) is 0 Å². The van der Waals surface area contributed by atoms with E-state index in [1.807, 2.05) is 0 Å². The largest absolute Gasteiger partial charge is 0.491 e. The number of aryl methyl sites for hydroxylation is 2. The summed E-state index contributed by atoms with van der Waals surface area (Å²) in [7, 11) is 0. The van der Waals surface area contributed by atoms with Crippen molar-refractivity contribution in [3.8, 4) is 5.75 Å². The van der Waals surface area contributed by atoms with Gasteiger partial charge >= 0.3 is 0 Å². The van der Waals surface area contributed by atoms with Gasteiger partial charge in [0.05, 0.1) is 11.5 Å². The molecule has 0 fully saturated rings. The second-order valence-electron chi connectivity index (χ2n) is 3.24. The smallest absolute Gasteiger partial charge is 0.270 e. The summed E-state index contributed by atoms with van der Waals surface area (Å²) in [5.41, 5.74) is 1.46. The summed E-state index contributed by atoms with van der Waals surface area (Å²) in [5.74, 6) is 0.606. The molecule has 0 aliphatic carbocycles. The van der Waals surface area contributed by atoms with Crippen LogP contribution in [-0.2, 0) is 0 Å². The quantitative estimate of drug-likeness (QED) is 0.606. The van der Waals surface area contributed by atoms with Crippen LogP contribution in [0.5, 0.6) is 5.75 Å². The fraction of sp³-hybridized carbons (Fsp3) is 0.400. The van der Waals surface area contributed by atoms with Crippen LogP contribution >= 0.6 is 0 Å². The SMILES string of the molecule is Cc1cc([N+](=O)[O-])cc(C)c1OCCO. The molecule has 1 rings (SSSR count). The fourth-order valence-electron chi connectivity index (χ4n) is 1.41. The summed E-state index contributed by atoms with van der Waals surface area (Å²) < 4.78 is 5.28. The predicted molar refractivity (Wildman–Crippen MR) is 55.2 cm³/mol. The van der Waals surface area contributed by atoms with Gasteiger partial charge in [-0.25, -0.2) is 0 Å². The number of hydrogen-bond donors (Lipinski definition) is 1. The van der Waals surface area contributed by atoms with E-state index in [9.17, 15) is 10.1 Å². The minimum atomic E-state index is -0.435. The van der Waals surface area contributed by atoms with Gasteiger partial charge in [0.1, 0.15) is 12.4 Å². The molecule has 0 saturated carbocycles. The predicted octanol–water partition coefficient (Wildman–Crippen LogP) is 1.58. The summed E-state index contributed by atoms with van der Waals surface area (Å²) in [6.07, 6.45) is 0. The molecule has 0 aliphatic heterocycles. The lowest BCUT2D eigenvalue weighted by molar-refractivity contribution is -0.385. The minimum absolute atomic E-state index is 0.0568. The zero-order chi connectivity index (χ0) is 11.4. The van der Waals surface area contributed by atoms with Gasteiger partial charge in [0, 0.05) is 12.1 Å². The summed E-state index contributed by atoms with van der Waals surface area (Å²) in [6.45, 7) is 3.61. The summed E-state index contributed by atoms with van der Waals surface area (Å²) in [4.78, 5) is 10.1. The lowest BCUT2D eigenvalue weighted by atomic mass is 10.1. The van der Waals surface area contributed by atoms with E-state index in [0.717, 1.165) is 0 Å². The average Bonchev–Trinajstić information content (AvgIpc) is 2.16. The van der Waals surface area contributed by atoms with Crippen LogP contribution in [0, 0.1) is 24.0 Å². The molecule has 0 spiro atoms. The molecule has 0 atom stereocenters. The Morgan fingerprint density at radius 3 is 2.33 bits per heavy atom. The molecular weight excluding hydrogens is 198 g/mol. The van der Waals surface area contributed by atoms with Crippen LogP contribution < -0.4 is 4.74 Å². The fourth-order valence-corrected chi connectivity index (χ4v) is 1.41. The normalized spacial score (nSPS) is 10.1. The summed E-state index contributed by atoms with van der Waals surface area (Å²) in [5, 5.41) is 19.2. The van der Waals surface area contributed by atoms with E-state index in [1.165, 1.54) is 12.1 Å². The van der Waals surface area contributed by atoms with E-state index >= 15 is 0 Å². The Kier molecular flexibility index (Phi) is 3.62. The van der Waals surface area contributed by atoms with Crippen molar-refractivity contribution in [3.63, 3.8) is 0 Å². The van der Waals surface area contributed by atoms with Crippen LogP contribution in [0.25, 0.3) is 0 Å². The molecule has 1 N–H and O–H groups in total. The van der Waals surface area contributed by atoms with Gasteiger partial charge in [0.2, 0.25) is 0 Å². The van der Waals surface area contributed by atoms with E-state index < -0.39 is 4.92 Å². The van der Waals surface area contributed by atoms with Crippen molar-refractivity contribution in [3.05, 3.63) is 33.4 Å². The van der Waals surface area contributed by atoms with Gasteiger partial charge in [0.25, 0.3) is 5.69 Å². The van der Waals surface area contributed by atoms with Gasteiger partial charge in [-0.15, -0.1) is 0 Å². The minimum Gasteiger partial charge on any atom is -0.491 e. The van der Waals surface area contributed by atoms with Crippen LogP contribution in [0.1, 0.15) is 11.1 Å². The maximum atomic E-state index is 10.6. The Bertz CT molecular complexity index is 353. The first kappa shape index (κ1) is 11.5. The van der Waals surface area contributed by atoms with E-state index in [1.54, 1.807) is 13.8 Å². The zero-order valence-corrected chi connectivity index (χ0v) is 8.69. The standard InChI is InChI=1S/C10H13NO4/c1-7-5-9(11(13)14)6-8(2)10(7)15-4-3-12/h5-6,12H,3-4H2,1-2H3. The monoisotopic (exact) mass is 211 g/mol. The third-order valence-electron chi connectivity index (χ3n) is 1.99. The first-order valence-electron chi connectivity index (χ1n) is 4.55. The van der Waals surface area contributed by atoms with E-state index in [0.29, 0.717) is 16.9 Å². The number of aliphatic hydroxyl groups is 1. The molecular formula is C10H13NO4. The average molecular weight is 211 g/mol. The van der Waals surface area contributed by atoms with Crippen LogP contribution in [-0.4, -0.2) is 23.2 Å². The number of non-ortho nitro benzene ring substituents is 1. The van der Waals surface area contributed by atoms with E-state index in [-0.39, 0.29) is 18.9 Å². The van der Waals surface area contributed by atoms with Gasteiger partial charge < -0.3 is 9.84 Å². The highest BCUT2D eigenvalue weighted by Crippen LogP contribution is 2.27. The molecule has 0 unspecified atom stereocenters. The van der Waals surface area contributed by atoms with Crippen LogP contribution in [0.15, 0.2) is 12.1 Å². The number of aliphatic hydroxyl groups excluding tert-OH is 1. The Morgan fingerprint density at radius 1 is 1.40 bits per heavy atom. The molecule has 0 bridgehead atoms. The zero-order valence-electron chi connectivity index (χ0n) is 8.69. The first-order chi connectivity index (χ1) is 7.06. The molecule has 5 nitrogen and oxygen atoms in total. The molecule has 0 saturated heterocycles. The molecule has 0 amide bonds. The molecule has 0 aromatic heterocycles. The molecule has 1 aromatic carbocycles. The highest BCUT2D eigenvalue weighted by molar-refractivity contribution is 5.48. The van der Waals surface area contributed by atoms with Crippen molar-refractivity contribution in [1.29, 1.82) is 0 Å².